The van der Waals surface area contributed by atoms with Crippen molar-refractivity contribution >= 4 is 26.9 Å². The summed E-state index contributed by atoms with van der Waals surface area (Å²) in [5, 5.41) is 12.8. The molecule has 0 spiro atoms. The van der Waals surface area contributed by atoms with Gasteiger partial charge in [-0.05, 0) is 54.4 Å². The molecule has 0 saturated carbocycles. The number of pyridine rings is 1. The van der Waals surface area contributed by atoms with Crippen molar-refractivity contribution in [1.82, 2.24) is 14.6 Å². The second kappa shape index (κ2) is 10.1. The number of alkyl halides is 3. The quantitative estimate of drug-likeness (QED) is 0.342. The lowest BCUT2D eigenvalue weighted by atomic mass is 10.1. The van der Waals surface area contributed by atoms with Gasteiger partial charge < -0.3 is 14.8 Å². The molecular weight excluding hydrogens is 542 g/mol. The van der Waals surface area contributed by atoms with Gasteiger partial charge in [-0.25, -0.2) is 12.8 Å². The van der Waals surface area contributed by atoms with Gasteiger partial charge in [0.05, 0.1) is 17.4 Å². The second-order valence-electron chi connectivity index (χ2n) is 9.01. The number of sulfonamides is 1. The molecule has 204 valence electrons. The Hall–Kier alpha value is -3.81. The summed E-state index contributed by atoms with van der Waals surface area (Å²) in [6.07, 6.45) is -4.30. The van der Waals surface area contributed by atoms with Crippen LogP contribution in [0.15, 0.2) is 76.4 Å². The molecule has 8 nitrogen and oxygen atoms in total. The van der Waals surface area contributed by atoms with E-state index in [1.54, 1.807) is 12.1 Å². The summed E-state index contributed by atoms with van der Waals surface area (Å²) in [7, 11) is -4.35. The first-order chi connectivity index (χ1) is 18.4. The predicted octanol–water partition coefficient (Wildman–Crippen LogP) is 4.09. The highest BCUT2D eigenvalue weighted by molar-refractivity contribution is 7.89. The van der Waals surface area contributed by atoms with Crippen LogP contribution in [0, 0.1) is 5.82 Å². The fourth-order valence-electron chi connectivity index (χ4n) is 4.42. The Morgan fingerprint density at radius 3 is 2.56 bits per heavy atom. The highest BCUT2D eigenvalue weighted by Gasteiger charge is 2.46. The smallest absolute Gasteiger partial charge is 0.416 e. The number of rotatable bonds is 6. The van der Waals surface area contributed by atoms with E-state index in [0.29, 0.717) is 16.8 Å². The highest BCUT2D eigenvalue weighted by atomic mass is 32.2. The molecule has 2 aromatic carbocycles. The van der Waals surface area contributed by atoms with Crippen LogP contribution in [0.25, 0.3) is 22.2 Å². The topological polar surface area (TPSA) is 113 Å². The summed E-state index contributed by atoms with van der Waals surface area (Å²) < 4.78 is 84.9. The monoisotopic (exact) mass is 563 g/mol. The number of benzene rings is 2. The molecule has 1 amide bonds. The SMILES string of the molecule is O=C(NCc1ccnc(-c2ccc(C(F)(F)F)cc2)c1)C1[C@@H](O)CCN1S(=O)(=O)c1cc2cc(F)ccc2o1. The molecule has 1 saturated heterocycles. The number of carbonyl (C=O) groups is 1. The van der Waals surface area contributed by atoms with Gasteiger partial charge in [0, 0.05) is 36.3 Å². The molecule has 2 atom stereocenters. The van der Waals surface area contributed by atoms with Crippen LogP contribution in [0.5, 0.6) is 0 Å². The van der Waals surface area contributed by atoms with Gasteiger partial charge >= 0.3 is 6.18 Å². The van der Waals surface area contributed by atoms with Gasteiger partial charge in [-0.3, -0.25) is 9.78 Å². The third kappa shape index (κ3) is 5.37. The third-order valence-corrected chi connectivity index (χ3v) is 8.14. The summed E-state index contributed by atoms with van der Waals surface area (Å²) in [6, 6.07) is 10.9. The molecule has 3 heterocycles. The number of hydrogen-bond donors (Lipinski definition) is 2. The molecule has 2 aromatic heterocycles. The van der Waals surface area contributed by atoms with E-state index in [0.717, 1.165) is 34.6 Å². The number of fused-ring (bicyclic) bond motifs is 1. The summed E-state index contributed by atoms with van der Waals surface area (Å²) >= 11 is 0. The molecule has 1 aliphatic heterocycles. The van der Waals surface area contributed by atoms with E-state index in [1.807, 2.05) is 0 Å². The minimum absolute atomic E-state index is 0.0134. The van der Waals surface area contributed by atoms with E-state index >= 15 is 0 Å². The number of aromatic nitrogens is 1. The van der Waals surface area contributed by atoms with Crippen molar-refractivity contribution in [2.75, 3.05) is 6.54 Å². The number of carbonyl (C=O) groups excluding carboxylic acids is 1. The molecule has 0 bridgehead atoms. The van der Waals surface area contributed by atoms with E-state index in [9.17, 15) is 35.9 Å². The molecule has 4 aromatic rings. The van der Waals surface area contributed by atoms with Crippen molar-refractivity contribution in [3.8, 4) is 11.3 Å². The summed E-state index contributed by atoms with van der Waals surface area (Å²) in [4.78, 5) is 17.2. The van der Waals surface area contributed by atoms with Gasteiger partial charge in [0.15, 0.2) is 0 Å². The van der Waals surface area contributed by atoms with Gasteiger partial charge in [0.2, 0.25) is 11.0 Å². The maximum atomic E-state index is 13.5. The summed E-state index contributed by atoms with van der Waals surface area (Å²) in [6.45, 7) is -0.198. The van der Waals surface area contributed by atoms with Gasteiger partial charge in [-0.2, -0.15) is 17.5 Å². The van der Waals surface area contributed by atoms with Crippen LogP contribution >= 0.6 is 0 Å². The molecule has 1 aliphatic rings. The number of aliphatic hydroxyl groups excluding tert-OH is 1. The molecule has 5 rings (SSSR count). The summed E-state index contributed by atoms with van der Waals surface area (Å²) in [5.74, 6) is -1.32. The fraction of sp³-hybridized carbons (Fsp3) is 0.231. The van der Waals surface area contributed by atoms with Crippen molar-refractivity contribution in [3.05, 3.63) is 83.8 Å². The Bertz CT molecular complexity index is 1640. The van der Waals surface area contributed by atoms with E-state index in [4.69, 9.17) is 4.42 Å². The lowest BCUT2D eigenvalue weighted by molar-refractivity contribution is -0.137. The van der Waals surface area contributed by atoms with Gasteiger partial charge in [-0.15, -0.1) is 0 Å². The Morgan fingerprint density at radius 2 is 1.85 bits per heavy atom. The van der Waals surface area contributed by atoms with Crippen molar-refractivity contribution in [2.24, 2.45) is 0 Å². The molecule has 1 fully saturated rings. The van der Waals surface area contributed by atoms with Crippen LogP contribution in [0.1, 0.15) is 17.5 Å². The van der Waals surface area contributed by atoms with Crippen LogP contribution < -0.4 is 5.32 Å². The molecule has 1 unspecified atom stereocenters. The standard InChI is InChI=1S/C26H21F4N3O5S/c27-19-5-6-22-17(12-19)13-23(38-22)39(36,37)33-10-8-21(34)24(33)25(35)32-14-15-7-9-31-20(11-15)16-1-3-18(4-2-16)26(28,29)30/h1-7,9,11-13,21,24,34H,8,10,14H2,(H,32,35)/t21-,24?/m0/s1. The van der Waals surface area contributed by atoms with Crippen molar-refractivity contribution in [3.63, 3.8) is 0 Å². The zero-order chi connectivity index (χ0) is 27.9. The maximum Gasteiger partial charge on any atom is 0.416 e. The Balaban J connectivity index is 1.31. The van der Waals surface area contributed by atoms with Crippen LogP contribution in [0.2, 0.25) is 0 Å². The maximum absolute atomic E-state index is 13.5. The predicted molar refractivity (Wildman–Crippen MR) is 131 cm³/mol. The Labute approximate surface area is 219 Å². The minimum atomic E-state index is -4.47. The van der Waals surface area contributed by atoms with Crippen molar-refractivity contribution in [2.45, 2.75) is 36.4 Å². The van der Waals surface area contributed by atoms with Crippen molar-refractivity contribution in [1.29, 1.82) is 0 Å². The molecule has 39 heavy (non-hydrogen) atoms. The first kappa shape index (κ1) is 26.8. The zero-order valence-electron chi connectivity index (χ0n) is 20.0. The van der Waals surface area contributed by atoms with Gasteiger partial charge in [0.25, 0.3) is 10.0 Å². The second-order valence-corrected chi connectivity index (χ2v) is 10.8. The number of furan rings is 1. The first-order valence-corrected chi connectivity index (χ1v) is 13.2. The van der Waals surface area contributed by atoms with Crippen molar-refractivity contribution < 1.29 is 40.3 Å². The van der Waals surface area contributed by atoms with Gasteiger partial charge in [-0.1, -0.05) is 12.1 Å². The lowest BCUT2D eigenvalue weighted by Gasteiger charge is -2.23. The van der Waals surface area contributed by atoms with Crippen LogP contribution in [-0.2, 0) is 27.5 Å². The number of aliphatic hydroxyl groups is 1. The Morgan fingerprint density at radius 1 is 1.10 bits per heavy atom. The zero-order valence-corrected chi connectivity index (χ0v) is 20.8. The highest BCUT2D eigenvalue weighted by Crippen LogP contribution is 2.32. The largest absolute Gasteiger partial charge is 0.443 e. The van der Waals surface area contributed by atoms with E-state index in [1.165, 1.54) is 24.4 Å². The van der Waals surface area contributed by atoms with Crippen LogP contribution in [-0.4, -0.2) is 47.4 Å². The fourth-order valence-corrected chi connectivity index (χ4v) is 6.01. The summed E-state index contributed by atoms with van der Waals surface area (Å²) in [5.41, 5.74) is 0.720. The molecule has 0 aliphatic carbocycles. The van der Waals surface area contributed by atoms with E-state index < -0.39 is 50.7 Å². The first-order valence-electron chi connectivity index (χ1n) is 11.7. The molecular formula is C26H21F4N3O5S. The average molecular weight is 564 g/mol. The lowest BCUT2D eigenvalue weighted by Crippen LogP contribution is -2.49. The molecule has 13 heteroatoms. The van der Waals surface area contributed by atoms with E-state index in [-0.39, 0.29) is 30.5 Å². The van der Waals surface area contributed by atoms with Gasteiger partial charge in [0.1, 0.15) is 17.4 Å². The molecule has 0 radical (unpaired) electrons. The van der Waals surface area contributed by atoms with Crippen LogP contribution in [0.4, 0.5) is 17.6 Å². The number of nitrogens with zero attached hydrogens (tertiary/aromatic N) is 2. The number of nitrogens with one attached hydrogen (secondary N) is 1. The molecule has 2 N–H and O–H groups in total. The number of hydrogen-bond acceptors (Lipinski definition) is 6. The van der Waals surface area contributed by atoms with Crippen LogP contribution in [0.3, 0.4) is 0 Å². The minimum Gasteiger partial charge on any atom is -0.443 e. The van der Waals surface area contributed by atoms with E-state index in [2.05, 4.69) is 10.3 Å². The Kier molecular flexibility index (Phi) is 6.91. The third-order valence-electron chi connectivity index (χ3n) is 6.41. The number of amides is 1. The average Bonchev–Trinajstić information content (AvgIpc) is 3.51. The number of halogens is 4. The normalized spacial score (nSPS) is 18.5.